The Labute approximate surface area is 110 Å². The van der Waals surface area contributed by atoms with Crippen molar-refractivity contribution in [3.05, 3.63) is 29.3 Å². The van der Waals surface area contributed by atoms with Gasteiger partial charge in [0.15, 0.2) is 0 Å². The molecule has 0 aliphatic carbocycles. The lowest BCUT2D eigenvalue weighted by atomic mass is 10.1. The number of anilines is 1. The first-order chi connectivity index (χ1) is 8.54. The summed E-state index contributed by atoms with van der Waals surface area (Å²) in [7, 11) is 0. The zero-order chi connectivity index (χ0) is 13.5. The molecule has 0 aliphatic heterocycles. The van der Waals surface area contributed by atoms with Crippen molar-refractivity contribution in [1.29, 1.82) is 0 Å². The summed E-state index contributed by atoms with van der Waals surface area (Å²) in [4.78, 5) is 11.8. The van der Waals surface area contributed by atoms with Gasteiger partial charge in [0.1, 0.15) is 6.04 Å². The standard InChI is InChI=1S/C15H24N2O/c1-5-6-9-16-15(18)13(4)17-14-10-11(2)7-8-12(14)3/h7-8,10,13,17H,5-6,9H2,1-4H3,(H,16,18). The Morgan fingerprint density at radius 3 is 2.72 bits per heavy atom. The van der Waals surface area contributed by atoms with E-state index in [1.165, 1.54) is 5.56 Å². The van der Waals surface area contributed by atoms with Crippen molar-refractivity contribution < 1.29 is 4.79 Å². The molecule has 0 saturated carbocycles. The monoisotopic (exact) mass is 248 g/mol. The van der Waals surface area contributed by atoms with Crippen LogP contribution in [0.15, 0.2) is 18.2 Å². The third-order valence-electron chi connectivity index (χ3n) is 2.99. The van der Waals surface area contributed by atoms with E-state index in [0.717, 1.165) is 30.6 Å². The Morgan fingerprint density at radius 1 is 1.33 bits per heavy atom. The first-order valence-corrected chi connectivity index (χ1v) is 6.66. The zero-order valence-electron chi connectivity index (χ0n) is 11.8. The van der Waals surface area contributed by atoms with Gasteiger partial charge in [-0.05, 0) is 44.4 Å². The molecule has 1 rings (SSSR count). The van der Waals surface area contributed by atoms with E-state index in [0.29, 0.717) is 0 Å². The van der Waals surface area contributed by atoms with Crippen molar-refractivity contribution in [3.63, 3.8) is 0 Å². The third kappa shape index (κ3) is 4.40. The first-order valence-electron chi connectivity index (χ1n) is 6.66. The van der Waals surface area contributed by atoms with Crippen molar-refractivity contribution in [2.45, 2.75) is 46.6 Å². The lowest BCUT2D eigenvalue weighted by Crippen LogP contribution is -2.38. The molecule has 0 heterocycles. The van der Waals surface area contributed by atoms with Crippen LogP contribution in [0.4, 0.5) is 5.69 Å². The lowest BCUT2D eigenvalue weighted by molar-refractivity contribution is -0.121. The van der Waals surface area contributed by atoms with Crippen LogP contribution in [0.1, 0.15) is 37.8 Å². The van der Waals surface area contributed by atoms with E-state index in [2.05, 4.69) is 42.7 Å². The average molecular weight is 248 g/mol. The molecule has 0 radical (unpaired) electrons. The SMILES string of the molecule is CCCCNC(=O)C(C)Nc1cc(C)ccc1C. The molecule has 100 valence electrons. The first kappa shape index (κ1) is 14.6. The maximum atomic E-state index is 11.8. The Hall–Kier alpha value is -1.51. The molecular formula is C15H24N2O. The van der Waals surface area contributed by atoms with Gasteiger partial charge in [-0.3, -0.25) is 4.79 Å². The van der Waals surface area contributed by atoms with Crippen LogP contribution < -0.4 is 10.6 Å². The van der Waals surface area contributed by atoms with Gasteiger partial charge in [-0.25, -0.2) is 0 Å². The smallest absolute Gasteiger partial charge is 0.242 e. The van der Waals surface area contributed by atoms with E-state index < -0.39 is 0 Å². The molecule has 1 aromatic carbocycles. The summed E-state index contributed by atoms with van der Waals surface area (Å²) in [6.07, 6.45) is 2.13. The highest BCUT2D eigenvalue weighted by Gasteiger charge is 2.12. The number of amides is 1. The maximum absolute atomic E-state index is 11.8. The molecule has 0 saturated heterocycles. The van der Waals surface area contributed by atoms with Crippen LogP contribution in [0, 0.1) is 13.8 Å². The highest BCUT2D eigenvalue weighted by molar-refractivity contribution is 5.84. The minimum atomic E-state index is -0.206. The quantitative estimate of drug-likeness (QED) is 0.760. The van der Waals surface area contributed by atoms with Crippen LogP contribution in [0.2, 0.25) is 0 Å². The van der Waals surface area contributed by atoms with Gasteiger partial charge in [0.2, 0.25) is 5.91 Å². The summed E-state index contributed by atoms with van der Waals surface area (Å²) in [5.41, 5.74) is 3.39. The minimum absolute atomic E-state index is 0.0596. The van der Waals surface area contributed by atoms with E-state index in [9.17, 15) is 4.79 Å². The summed E-state index contributed by atoms with van der Waals surface area (Å²) in [6.45, 7) is 8.86. The van der Waals surface area contributed by atoms with Gasteiger partial charge < -0.3 is 10.6 Å². The molecular weight excluding hydrogens is 224 g/mol. The van der Waals surface area contributed by atoms with Crippen molar-refractivity contribution in [2.75, 3.05) is 11.9 Å². The van der Waals surface area contributed by atoms with Gasteiger partial charge in [-0.2, -0.15) is 0 Å². The number of hydrogen-bond acceptors (Lipinski definition) is 2. The summed E-state index contributed by atoms with van der Waals surface area (Å²) in [5.74, 6) is 0.0596. The lowest BCUT2D eigenvalue weighted by Gasteiger charge is -2.17. The molecule has 1 amide bonds. The van der Waals surface area contributed by atoms with Crippen LogP contribution >= 0.6 is 0 Å². The molecule has 0 fully saturated rings. The number of carbonyl (C=O) groups excluding carboxylic acids is 1. The van der Waals surface area contributed by atoms with Gasteiger partial charge in [0, 0.05) is 12.2 Å². The molecule has 1 aromatic rings. The van der Waals surface area contributed by atoms with E-state index in [1.54, 1.807) is 0 Å². The molecule has 2 N–H and O–H groups in total. The summed E-state index contributed by atoms with van der Waals surface area (Å²) in [6, 6.07) is 6.01. The number of aryl methyl sites for hydroxylation is 2. The fourth-order valence-corrected chi connectivity index (χ4v) is 1.73. The van der Waals surface area contributed by atoms with Gasteiger partial charge in [-0.15, -0.1) is 0 Å². The molecule has 3 heteroatoms. The molecule has 1 unspecified atom stereocenters. The van der Waals surface area contributed by atoms with Crippen molar-refractivity contribution >= 4 is 11.6 Å². The Morgan fingerprint density at radius 2 is 2.06 bits per heavy atom. The van der Waals surface area contributed by atoms with Crippen molar-refractivity contribution in [3.8, 4) is 0 Å². The van der Waals surface area contributed by atoms with Crippen LogP contribution in [0.5, 0.6) is 0 Å². The minimum Gasteiger partial charge on any atom is -0.374 e. The largest absolute Gasteiger partial charge is 0.374 e. The normalized spacial score (nSPS) is 12.0. The zero-order valence-corrected chi connectivity index (χ0v) is 11.8. The summed E-state index contributed by atoms with van der Waals surface area (Å²) < 4.78 is 0. The number of carbonyl (C=O) groups is 1. The second kappa shape index (κ2) is 7.04. The van der Waals surface area contributed by atoms with Crippen LogP contribution in [0.3, 0.4) is 0 Å². The fourth-order valence-electron chi connectivity index (χ4n) is 1.73. The number of hydrogen-bond donors (Lipinski definition) is 2. The van der Waals surface area contributed by atoms with E-state index in [4.69, 9.17) is 0 Å². The second-order valence-electron chi connectivity index (χ2n) is 4.83. The van der Waals surface area contributed by atoms with Crippen LogP contribution in [-0.2, 0) is 4.79 Å². The molecule has 0 aromatic heterocycles. The third-order valence-corrected chi connectivity index (χ3v) is 2.99. The predicted molar refractivity (Wildman–Crippen MR) is 76.9 cm³/mol. The topological polar surface area (TPSA) is 41.1 Å². The molecule has 1 atom stereocenters. The van der Waals surface area contributed by atoms with Gasteiger partial charge in [0.25, 0.3) is 0 Å². The van der Waals surface area contributed by atoms with Gasteiger partial charge >= 0.3 is 0 Å². The number of benzene rings is 1. The van der Waals surface area contributed by atoms with Gasteiger partial charge in [-0.1, -0.05) is 25.5 Å². The van der Waals surface area contributed by atoms with Crippen LogP contribution in [-0.4, -0.2) is 18.5 Å². The Bertz CT molecular complexity index is 401. The van der Waals surface area contributed by atoms with Crippen LogP contribution in [0.25, 0.3) is 0 Å². The molecule has 0 aliphatic rings. The maximum Gasteiger partial charge on any atom is 0.242 e. The molecule has 0 bridgehead atoms. The van der Waals surface area contributed by atoms with Crippen molar-refractivity contribution in [1.82, 2.24) is 5.32 Å². The number of unbranched alkanes of at least 4 members (excludes halogenated alkanes) is 1. The number of rotatable bonds is 6. The number of nitrogens with one attached hydrogen (secondary N) is 2. The summed E-state index contributed by atoms with van der Waals surface area (Å²) in [5, 5.41) is 6.20. The summed E-state index contributed by atoms with van der Waals surface area (Å²) >= 11 is 0. The van der Waals surface area contributed by atoms with E-state index in [1.807, 2.05) is 13.8 Å². The highest BCUT2D eigenvalue weighted by atomic mass is 16.2. The Kier molecular flexibility index (Phi) is 5.69. The predicted octanol–water partition coefficient (Wildman–Crippen LogP) is 3.02. The van der Waals surface area contributed by atoms with Gasteiger partial charge in [0.05, 0.1) is 0 Å². The van der Waals surface area contributed by atoms with E-state index >= 15 is 0 Å². The second-order valence-corrected chi connectivity index (χ2v) is 4.83. The van der Waals surface area contributed by atoms with E-state index in [-0.39, 0.29) is 11.9 Å². The molecule has 18 heavy (non-hydrogen) atoms. The average Bonchev–Trinajstić information content (AvgIpc) is 2.34. The molecule has 3 nitrogen and oxygen atoms in total. The van der Waals surface area contributed by atoms with Crippen molar-refractivity contribution in [2.24, 2.45) is 0 Å². The fraction of sp³-hybridized carbons (Fsp3) is 0.533. The molecule has 0 spiro atoms. The Balaban J connectivity index is 2.55. The highest BCUT2D eigenvalue weighted by Crippen LogP contribution is 2.17.